The molecule has 0 bridgehead atoms. The van der Waals surface area contributed by atoms with E-state index in [1.807, 2.05) is 0 Å². The maximum Gasteiger partial charge on any atom is 0.143 e. The second-order valence-corrected chi connectivity index (χ2v) is 7.89. The molecule has 0 radical (unpaired) electrons. The molecule has 0 saturated heterocycles. The molecule has 0 amide bonds. The van der Waals surface area contributed by atoms with Crippen molar-refractivity contribution in [3.05, 3.63) is 42.6 Å². The van der Waals surface area contributed by atoms with Gasteiger partial charge in [0.05, 0.1) is 14.5 Å². The Hall–Kier alpha value is -1.16. The summed E-state index contributed by atoms with van der Waals surface area (Å²) in [5, 5.41) is 19.9. The first-order valence-corrected chi connectivity index (χ1v) is 9.27. The van der Waals surface area contributed by atoms with E-state index in [1.54, 1.807) is 29.7 Å². The van der Waals surface area contributed by atoms with Gasteiger partial charge in [-0.05, 0) is 80.8 Å². The maximum atomic E-state index is 9.73. The SMILES string of the molecule is N#Cc1c(/N=C/c2cc(Br)c(O)c(Br)c2)sc2c1CCCC2. The van der Waals surface area contributed by atoms with Crippen molar-refractivity contribution in [2.45, 2.75) is 25.7 Å². The molecule has 0 unspecified atom stereocenters. The number of thiophene rings is 1. The minimum atomic E-state index is 0.168. The highest BCUT2D eigenvalue weighted by atomic mass is 79.9. The van der Waals surface area contributed by atoms with E-state index in [4.69, 9.17) is 0 Å². The number of aryl methyl sites for hydroxylation is 1. The Morgan fingerprint density at radius 2 is 1.91 bits per heavy atom. The van der Waals surface area contributed by atoms with Crippen molar-refractivity contribution in [3.8, 4) is 11.8 Å². The van der Waals surface area contributed by atoms with Crippen LogP contribution in [0.4, 0.5) is 5.00 Å². The van der Waals surface area contributed by atoms with E-state index in [2.05, 4.69) is 42.9 Å². The van der Waals surface area contributed by atoms with E-state index in [-0.39, 0.29) is 5.75 Å². The van der Waals surface area contributed by atoms with Gasteiger partial charge in [-0.1, -0.05) is 0 Å². The number of nitrogens with zero attached hydrogens (tertiary/aromatic N) is 2. The highest BCUT2D eigenvalue weighted by Gasteiger charge is 2.20. The fourth-order valence-corrected chi connectivity index (χ4v) is 4.96. The minimum Gasteiger partial charge on any atom is -0.506 e. The largest absolute Gasteiger partial charge is 0.506 e. The predicted molar refractivity (Wildman–Crippen MR) is 96.4 cm³/mol. The van der Waals surface area contributed by atoms with Crippen LogP contribution in [0.15, 0.2) is 26.1 Å². The minimum absolute atomic E-state index is 0.168. The van der Waals surface area contributed by atoms with Gasteiger partial charge in [-0.25, -0.2) is 4.99 Å². The number of hydrogen-bond donors (Lipinski definition) is 1. The molecule has 1 aliphatic rings. The lowest BCUT2D eigenvalue weighted by Crippen LogP contribution is -1.99. The van der Waals surface area contributed by atoms with Crippen molar-refractivity contribution in [1.82, 2.24) is 0 Å². The van der Waals surface area contributed by atoms with Crippen LogP contribution < -0.4 is 0 Å². The molecule has 1 aromatic heterocycles. The topological polar surface area (TPSA) is 56.4 Å². The van der Waals surface area contributed by atoms with E-state index in [0.717, 1.165) is 35.4 Å². The quantitative estimate of drug-likeness (QED) is 0.629. The van der Waals surface area contributed by atoms with Crippen LogP contribution in [0.3, 0.4) is 0 Å². The van der Waals surface area contributed by atoms with Crippen molar-refractivity contribution in [2.75, 3.05) is 0 Å². The van der Waals surface area contributed by atoms with Crippen molar-refractivity contribution >= 4 is 54.4 Å². The Kier molecular flexibility index (Phi) is 4.67. The second-order valence-electron chi connectivity index (χ2n) is 5.09. The van der Waals surface area contributed by atoms with Gasteiger partial charge in [0.2, 0.25) is 0 Å². The molecule has 0 aliphatic heterocycles. The van der Waals surface area contributed by atoms with Gasteiger partial charge in [0.1, 0.15) is 16.8 Å². The van der Waals surface area contributed by atoms with Crippen LogP contribution in [0.5, 0.6) is 5.75 Å². The van der Waals surface area contributed by atoms with E-state index < -0.39 is 0 Å². The van der Waals surface area contributed by atoms with Crippen molar-refractivity contribution in [1.29, 1.82) is 5.26 Å². The average Bonchev–Trinajstić information content (AvgIpc) is 2.87. The Labute approximate surface area is 149 Å². The van der Waals surface area contributed by atoms with Gasteiger partial charge in [0.15, 0.2) is 0 Å². The van der Waals surface area contributed by atoms with Gasteiger partial charge in [-0.15, -0.1) is 11.3 Å². The van der Waals surface area contributed by atoms with Crippen LogP contribution in [0.1, 0.15) is 34.4 Å². The zero-order valence-electron chi connectivity index (χ0n) is 11.6. The number of fused-ring (bicyclic) bond motifs is 1. The average molecular weight is 440 g/mol. The van der Waals surface area contributed by atoms with E-state index in [1.165, 1.54) is 16.9 Å². The molecule has 2 aromatic rings. The Bertz CT molecular complexity index is 782. The number of rotatable bonds is 2. The molecule has 1 N–H and O–H groups in total. The van der Waals surface area contributed by atoms with E-state index in [0.29, 0.717) is 8.95 Å². The summed E-state index contributed by atoms with van der Waals surface area (Å²) in [6.45, 7) is 0. The first-order valence-electron chi connectivity index (χ1n) is 6.87. The van der Waals surface area contributed by atoms with Gasteiger partial charge >= 0.3 is 0 Å². The lowest BCUT2D eigenvalue weighted by atomic mass is 9.96. The molecule has 3 nitrogen and oxygen atoms in total. The maximum absolute atomic E-state index is 9.73. The molecule has 112 valence electrons. The summed E-state index contributed by atoms with van der Waals surface area (Å²) >= 11 is 8.24. The van der Waals surface area contributed by atoms with Crippen molar-refractivity contribution in [3.63, 3.8) is 0 Å². The zero-order valence-corrected chi connectivity index (χ0v) is 15.6. The number of halogens is 2. The predicted octanol–water partition coefficient (Wildman–Crippen LogP) is 5.48. The molecule has 0 fully saturated rings. The van der Waals surface area contributed by atoms with Gasteiger partial charge in [0, 0.05) is 11.1 Å². The number of aromatic hydroxyl groups is 1. The van der Waals surface area contributed by atoms with Crippen LogP contribution in [-0.2, 0) is 12.8 Å². The summed E-state index contributed by atoms with van der Waals surface area (Å²) in [6.07, 6.45) is 6.12. The van der Waals surface area contributed by atoms with Crippen molar-refractivity contribution < 1.29 is 5.11 Å². The number of benzene rings is 1. The molecule has 22 heavy (non-hydrogen) atoms. The molecule has 1 aliphatic carbocycles. The number of nitriles is 1. The molecule has 6 heteroatoms. The van der Waals surface area contributed by atoms with Crippen LogP contribution in [0.2, 0.25) is 0 Å². The zero-order chi connectivity index (χ0) is 15.7. The Balaban J connectivity index is 1.97. The monoisotopic (exact) mass is 438 g/mol. The summed E-state index contributed by atoms with van der Waals surface area (Å²) in [4.78, 5) is 5.82. The first kappa shape index (κ1) is 15.7. The normalized spacial score (nSPS) is 14.0. The summed E-state index contributed by atoms with van der Waals surface area (Å²) in [6, 6.07) is 5.90. The van der Waals surface area contributed by atoms with Gasteiger partial charge < -0.3 is 5.11 Å². The van der Waals surface area contributed by atoms with E-state index >= 15 is 0 Å². The molecule has 0 atom stereocenters. The van der Waals surface area contributed by atoms with Crippen LogP contribution >= 0.6 is 43.2 Å². The highest BCUT2D eigenvalue weighted by Crippen LogP contribution is 2.39. The first-order chi connectivity index (χ1) is 10.6. The number of hydrogen-bond acceptors (Lipinski definition) is 4. The molecule has 3 rings (SSSR count). The summed E-state index contributed by atoms with van der Waals surface area (Å²) < 4.78 is 1.21. The molecule has 1 aromatic carbocycles. The Morgan fingerprint density at radius 3 is 2.59 bits per heavy atom. The molecule has 0 spiro atoms. The lowest BCUT2D eigenvalue weighted by molar-refractivity contribution is 0.468. The van der Waals surface area contributed by atoms with E-state index in [9.17, 15) is 10.4 Å². The molecular formula is C16H12Br2N2OS. The summed E-state index contributed by atoms with van der Waals surface area (Å²) in [7, 11) is 0. The van der Waals surface area contributed by atoms with Gasteiger partial charge in [0.25, 0.3) is 0 Å². The standard InChI is InChI=1S/C16H12Br2N2OS/c17-12-5-9(6-13(18)15(12)21)8-20-16-11(7-19)10-3-1-2-4-14(10)22-16/h5-6,8,21H,1-4H2/b20-8+. The Morgan fingerprint density at radius 1 is 1.23 bits per heavy atom. The van der Waals surface area contributed by atoms with Gasteiger partial charge in [-0.3, -0.25) is 0 Å². The fourth-order valence-electron chi connectivity index (χ4n) is 2.55. The third-order valence-corrected chi connectivity index (χ3v) is 6.04. The molecule has 0 saturated carbocycles. The number of phenolic OH excluding ortho intramolecular Hbond substituents is 1. The molecular weight excluding hydrogens is 428 g/mol. The second kappa shape index (κ2) is 6.53. The fraction of sp³-hybridized carbons (Fsp3) is 0.250. The van der Waals surface area contributed by atoms with Crippen LogP contribution in [0, 0.1) is 11.3 Å². The highest BCUT2D eigenvalue weighted by molar-refractivity contribution is 9.11. The van der Waals surface area contributed by atoms with Crippen LogP contribution in [-0.4, -0.2) is 11.3 Å². The number of phenols is 1. The summed E-state index contributed by atoms with van der Waals surface area (Å²) in [5.74, 6) is 0.168. The van der Waals surface area contributed by atoms with Gasteiger partial charge in [-0.2, -0.15) is 5.26 Å². The number of aliphatic imine (C=N–C) groups is 1. The third-order valence-electron chi connectivity index (χ3n) is 3.63. The molecule has 1 heterocycles. The van der Waals surface area contributed by atoms with Crippen molar-refractivity contribution in [2.24, 2.45) is 4.99 Å². The third kappa shape index (κ3) is 2.98. The van der Waals surface area contributed by atoms with Crippen LogP contribution in [0.25, 0.3) is 0 Å². The lowest BCUT2D eigenvalue weighted by Gasteiger charge is -2.09. The smallest absolute Gasteiger partial charge is 0.143 e. The summed E-state index contributed by atoms with van der Waals surface area (Å²) in [5.41, 5.74) is 2.78.